The highest BCUT2D eigenvalue weighted by atomic mass is 32.1. The highest BCUT2D eigenvalue weighted by molar-refractivity contribution is 7.80. The fourth-order valence-corrected chi connectivity index (χ4v) is 1.91. The molecule has 100 valence electrons. The molecule has 0 saturated carbocycles. The number of hydrogen-bond donors (Lipinski definition) is 1. The Morgan fingerprint density at radius 3 is 2.61 bits per heavy atom. The molecular weight excluding hydrogens is 244 g/mol. The first-order valence-corrected chi connectivity index (χ1v) is 6.55. The Morgan fingerprint density at radius 1 is 1.44 bits per heavy atom. The molecule has 4 heteroatoms. The van der Waals surface area contributed by atoms with E-state index in [1.54, 1.807) is 7.11 Å². The predicted molar refractivity (Wildman–Crippen MR) is 81.6 cm³/mol. The topological polar surface area (TPSA) is 38.5 Å². The molecule has 0 heterocycles. The number of hydrogen-bond acceptors (Lipinski definition) is 3. The lowest BCUT2D eigenvalue weighted by molar-refractivity contribution is 0.415. The fourth-order valence-electron chi connectivity index (χ4n) is 1.73. The van der Waals surface area contributed by atoms with Crippen LogP contribution in [0.15, 0.2) is 18.2 Å². The highest BCUT2D eigenvalue weighted by Crippen LogP contribution is 2.26. The maximum absolute atomic E-state index is 5.76. The van der Waals surface area contributed by atoms with Gasteiger partial charge in [-0.25, -0.2) is 0 Å². The number of methoxy groups -OCH3 is 1. The first-order valence-electron chi connectivity index (χ1n) is 6.14. The Bertz CT molecular complexity index is 418. The second-order valence-corrected chi connectivity index (χ2v) is 5.29. The SMILES string of the molecule is COc1ccc(C(N)=S)c(N(C)CCC(C)C)c1. The van der Waals surface area contributed by atoms with E-state index in [1.165, 1.54) is 0 Å². The average Bonchev–Trinajstić information content (AvgIpc) is 2.34. The summed E-state index contributed by atoms with van der Waals surface area (Å²) in [5.74, 6) is 1.49. The molecule has 2 N–H and O–H groups in total. The van der Waals surface area contributed by atoms with E-state index in [0.29, 0.717) is 10.9 Å². The van der Waals surface area contributed by atoms with Crippen LogP contribution in [-0.4, -0.2) is 25.7 Å². The number of nitrogens with two attached hydrogens (primary N) is 1. The molecule has 0 amide bonds. The van der Waals surface area contributed by atoms with Crippen LogP contribution in [0.2, 0.25) is 0 Å². The molecule has 0 aliphatic heterocycles. The number of anilines is 1. The van der Waals surface area contributed by atoms with Crippen molar-refractivity contribution in [3.05, 3.63) is 23.8 Å². The van der Waals surface area contributed by atoms with Gasteiger partial charge < -0.3 is 15.4 Å². The van der Waals surface area contributed by atoms with Crippen LogP contribution in [0.25, 0.3) is 0 Å². The summed E-state index contributed by atoms with van der Waals surface area (Å²) in [5, 5.41) is 0. The summed E-state index contributed by atoms with van der Waals surface area (Å²) in [6.45, 7) is 5.40. The van der Waals surface area contributed by atoms with Gasteiger partial charge in [-0.15, -0.1) is 0 Å². The maximum atomic E-state index is 5.76. The van der Waals surface area contributed by atoms with Crippen molar-refractivity contribution in [2.24, 2.45) is 11.7 Å². The van der Waals surface area contributed by atoms with E-state index in [-0.39, 0.29) is 0 Å². The van der Waals surface area contributed by atoms with Gasteiger partial charge >= 0.3 is 0 Å². The van der Waals surface area contributed by atoms with E-state index in [2.05, 4.69) is 25.8 Å². The first-order chi connectivity index (χ1) is 8.45. The molecule has 1 aromatic carbocycles. The van der Waals surface area contributed by atoms with E-state index in [1.807, 2.05) is 18.2 Å². The smallest absolute Gasteiger partial charge is 0.120 e. The van der Waals surface area contributed by atoms with E-state index >= 15 is 0 Å². The molecule has 0 unspecified atom stereocenters. The van der Waals surface area contributed by atoms with Gasteiger partial charge in [0.2, 0.25) is 0 Å². The molecule has 0 saturated heterocycles. The number of thiocarbonyl (C=S) groups is 1. The number of nitrogens with zero attached hydrogens (tertiary/aromatic N) is 1. The minimum atomic E-state index is 0.420. The van der Waals surface area contributed by atoms with Crippen LogP contribution in [0.4, 0.5) is 5.69 Å². The van der Waals surface area contributed by atoms with Crippen LogP contribution in [-0.2, 0) is 0 Å². The lowest BCUT2D eigenvalue weighted by Gasteiger charge is -2.23. The van der Waals surface area contributed by atoms with Gasteiger partial charge in [-0.1, -0.05) is 26.1 Å². The molecule has 1 aromatic rings. The van der Waals surface area contributed by atoms with Crippen LogP contribution in [0.1, 0.15) is 25.8 Å². The average molecular weight is 266 g/mol. The van der Waals surface area contributed by atoms with Gasteiger partial charge in [0.1, 0.15) is 10.7 Å². The van der Waals surface area contributed by atoms with Crippen molar-refractivity contribution in [2.75, 3.05) is 25.6 Å². The molecule has 0 spiro atoms. The summed E-state index contributed by atoms with van der Waals surface area (Å²) in [5.41, 5.74) is 7.69. The van der Waals surface area contributed by atoms with Crippen LogP contribution in [0, 0.1) is 5.92 Å². The summed E-state index contributed by atoms with van der Waals surface area (Å²) in [6.07, 6.45) is 1.13. The van der Waals surface area contributed by atoms with Gasteiger partial charge in [-0.2, -0.15) is 0 Å². The minimum absolute atomic E-state index is 0.420. The molecular formula is C14H22N2OS. The Balaban J connectivity index is 2.99. The number of rotatable bonds is 6. The quantitative estimate of drug-likeness (QED) is 0.804. The Kier molecular flexibility index (Phi) is 5.41. The molecule has 0 aliphatic carbocycles. The highest BCUT2D eigenvalue weighted by Gasteiger charge is 2.11. The maximum Gasteiger partial charge on any atom is 0.120 e. The summed E-state index contributed by atoms with van der Waals surface area (Å²) >= 11 is 5.09. The molecule has 0 bridgehead atoms. The van der Waals surface area contributed by atoms with E-state index in [4.69, 9.17) is 22.7 Å². The summed E-state index contributed by atoms with van der Waals surface area (Å²) in [6, 6.07) is 5.78. The van der Waals surface area contributed by atoms with E-state index in [9.17, 15) is 0 Å². The van der Waals surface area contributed by atoms with Crippen molar-refractivity contribution < 1.29 is 4.74 Å². The van der Waals surface area contributed by atoms with E-state index < -0.39 is 0 Å². The lowest BCUT2D eigenvalue weighted by Crippen LogP contribution is -2.23. The zero-order valence-corrected chi connectivity index (χ0v) is 12.4. The van der Waals surface area contributed by atoms with Crippen molar-refractivity contribution in [2.45, 2.75) is 20.3 Å². The fraction of sp³-hybridized carbons (Fsp3) is 0.500. The van der Waals surface area contributed by atoms with Gasteiger partial charge in [0.25, 0.3) is 0 Å². The zero-order chi connectivity index (χ0) is 13.7. The van der Waals surface area contributed by atoms with Crippen molar-refractivity contribution in [3.8, 4) is 5.75 Å². The van der Waals surface area contributed by atoms with Crippen LogP contribution < -0.4 is 15.4 Å². The Morgan fingerprint density at radius 2 is 2.11 bits per heavy atom. The van der Waals surface area contributed by atoms with Gasteiger partial charge in [-0.3, -0.25) is 0 Å². The minimum Gasteiger partial charge on any atom is -0.497 e. The molecule has 0 aliphatic rings. The van der Waals surface area contributed by atoms with Crippen LogP contribution in [0.3, 0.4) is 0 Å². The van der Waals surface area contributed by atoms with Gasteiger partial charge in [-0.05, 0) is 24.5 Å². The molecule has 18 heavy (non-hydrogen) atoms. The normalized spacial score (nSPS) is 10.5. The molecule has 1 rings (SSSR count). The third-order valence-electron chi connectivity index (χ3n) is 2.92. The number of benzene rings is 1. The standard InChI is InChI=1S/C14H22N2OS/c1-10(2)7-8-16(3)13-9-11(17-4)5-6-12(13)14(15)18/h5-6,9-10H,7-8H2,1-4H3,(H2,15,18). The third kappa shape index (κ3) is 3.88. The van der Waals surface area contributed by atoms with Crippen LogP contribution >= 0.6 is 12.2 Å². The zero-order valence-electron chi connectivity index (χ0n) is 11.6. The summed E-state index contributed by atoms with van der Waals surface area (Å²) in [4.78, 5) is 2.60. The largest absolute Gasteiger partial charge is 0.497 e. The lowest BCUT2D eigenvalue weighted by atomic mass is 10.1. The van der Waals surface area contributed by atoms with E-state index in [0.717, 1.165) is 30.0 Å². The van der Waals surface area contributed by atoms with Gasteiger partial charge in [0.15, 0.2) is 0 Å². The molecule has 0 fully saturated rings. The monoisotopic (exact) mass is 266 g/mol. The molecule has 3 nitrogen and oxygen atoms in total. The molecule has 0 radical (unpaired) electrons. The van der Waals surface area contributed by atoms with Gasteiger partial charge in [0.05, 0.1) is 12.8 Å². The Labute approximate surface area is 115 Å². The van der Waals surface area contributed by atoms with Crippen molar-refractivity contribution in [1.82, 2.24) is 0 Å². The second-order valence-electron chi connectivity index (χ2n) is 4.85. The molecule has 0 aromatic heterocycles. The van der Waals surface area contributed by atoms with Crippen LogP contribution in [0.5, 0.6) is 5.75 Å². The summed E-state index contributed by atoms with van der Waals surface area (Å²) in [7, 11) is 3.71. The Hall–Kier alpha value is -1.29. The second kappa shape index (κ2) is 6.59. The molecule has 0 atom stereocenters. The first kappa shape index (κ1) is 14.8. The van der Waals surface area contributed by atoms with Crippen molar-refractivity contribution in [1.29, 1.82) is 0 Å². The predicted octanol–water partition coefficient (Wildman–Crippen LogP) is 2.81. The number of ether oxygens (including phenoxy) is 1. The summed E-state index contributed by atoms with van der Waals surface area (Å²) < 4.78 is 5.25. The third-order valence-corrected chi connectivity index (χ3v) is 3.14. The van der Waals surface area contributed by atoms with Crippen molar-refractivity contribution >= 4 is 22.9 Å². The van der Waals surface area contributed by atoms with Gasteiger partial charge in [0, 0.05) is 25.2 Å². The van der Waals surface area contributed by atoms with Crippen molar-refractivity contribution in [3.63, 3.8) is 0 Å².